The molecule has 0 atom stereocenters. The number of carbonyl (C=O) groups is 2. The molecular weight excluding hydrogens is 370 g/mol. The number of hydrogen-bond acceptors (Lipinski definition) is 3. The van der Waals surface area contributed by atoms with Crippen LogP contribution in [0.25, 0.3) is 15.8 Å². The van der Waals surface area contributed by atoms with Gasteiger partial charge in [-0.3, -0.25) is 9.59 Å². The molecular formula is C22H19N3O2S. The lowest BCUT2D eigenvalue weighted by Gasteiger charge is -2.16. The molecule has 2 amide bonds. The van der Waals surface area contributed by atoms with Crippen LogP contribution >= 0.6 is 11.8 Å². The first-order chi connectivity index (χ1) is 13.5. The van der Waals surface area contributed by atoms with Gasteiger partial charge in [0, 0.05) is 51.3 Å². The maximum atomic E-state index is 12.4. The Morgan fingerprint density at radius 3 is 2.86 bits per heavy atom. The highest BCUT2D eigenvalue weighted by Crippen LogP contribution is 2.42. The molecule has 1 aromatic heterocycles. The molecule has 2 N–H and O–H groups in total. The number of thioether (sulfide) groups is 1. The number of aromatic nitrogens is 1. The Balaban J connectivity index is 1.84. The fourth-order valence-corrected chi connectivity index (χ4v) is 4.34. The largest absolute Gasteiger partial charge is 0.361 e. The zero-order chi connectivity index (χ0) is 19.7. The Labute approximate surface area is 167 Å². The van der Waals surface area contributed by atoms with Crippen molar-refractivity contribution in [2.24, 2.45) is 0 Å². The van der Waals surface area contributed by atoms with Gasteiger partial charge >= 0.3 is 0 Å². The Hall–Kier alpha value is -3.25. The first-order valence-electron chi connectivity index (χ1n) is 8.85. The van der Waals surface area contributed by atoms with Crippen molar-refractivity contribution in [1.29, 1.82) is 0 Å². The van der Waals surface area contributed by atoms with Crippen LogP contribution in [0, 0.1) is 0 Å². The summed E-state index contributed by atoms with van der Waals surface area (Å²) in [5.41, 5.74) is 3.77. The number of benzene rings is 2. The summed E-state index contributed by atoms with van der Waals surface area (Å²) in [4.78, 5) is 30.8. The molecule has 1 aliphatic rings. The summed E-state index contributed by atoms with van der Waals surface area (Å²) in [5, 5.41) is 3.81. The van der Waals surface area contributed by atoms with Gasteiger partial charge in [0.2, 0.25) is 11.8 Å². The minimum Gasteiger partial charge on any atom is -0.361 e. The van der Waals surface area contributed by atoms with Crippen LogP contribution in [0.4, 0.5) is 5.69 Å². The van der Waals surface area contributed by atoms with Crippen molar-refractivity contribution in [3.8, 4) is 0 Å². The fourth-order valence-electron chi connectivity index (χ4n) is 3.24. The van der Waals surface area contributed by atoms with E-state index >= 15 is 0 Å². The molecule has 2 heterocycles. The van der Waals surface area contributed by atoms with Crippen molar-refractivity contribution in [1.82, 2.24) is 9.88 Å². The maximum absolute atomic E-state index is 12.4. The van der Waals surface area contributed by atoms with Gasteiger partial charge in [-0.2, -0.15) is 0 Å². The van der Waals surface area contributed by atoms with Crippen LogP contribution in [0.5, 0.6) is 0 Å². The van der Waals surface area contributed by atoms with Crippen LogP contribution in [0.15, 0.2) is 72.4 Å². The SMILES string of the molecule is C=CC(=O)N1C=C(c2c[nH]c3ccc(NC(C)=O)cc23)Sc2ccccc2C1. The number of carbonyl (C=O) groups excluding carboxylic acids is 2. The summed E-state index contributed by atoms with van der Waals surface area (Å²) >= 11 is 1.63. The van der Waals surface area contributed by atoms with E-state index in [1.165, 1.54) is 13.0 Å². The van der Waals surface area contributed by atoms with E-state index in [1.54, 1.807) is 16.7 Å². The number of nitrogens with one attached hydrogen (secondary N) is 2. The van der Waals surface area contributed by atoms with Crippen LogP contribution in [-0.2, 0) is 16.1 Å². The van der Waals surface area contributed by atoms with E-state index in [9.17, 15) is 9.59 Å². The van der Waals surface area contributed by atoms with Gasteiger partial charge in [-0.15, -0.1) is 0 Å². The molecule has 140 valence electrons. The van der Waals surface area contributed by atoms with Gasteiger partial charge in [0.25, 0.3) is 0 Å². The molecule has 0 bridgehead atoms. The second-order valence-electron chi connectivity index (χ2n) is 6.52. The smallest absolute Gasteiger partial charge is 0.250 e. The van der Waals surface area contributed by atoms with Crippen LogP contribution in [0.3, 0.4) is 0 Å². The summed E-state index contributed by atoms with van der Waals surface area (Å²) in [7, 11) is 0. The molecule has 28 heavy (non-hydrogen) atoms. The molecule has 0 saturated heterocycles. The highest BCUT2D eigenvalue weighted by molar-refractivity contribution is 8.08. The van der Waals surface area contributed by atoms with Crippen LogP contribution in [0.2, 0.25) is 0 Å². The quantitative estimate of drug-likeness (QED) is 0.636. The molecule has 6 heteroatoms. The summed E-state index contributed by atoms with van der Waals surface area (Å²) in [6.07, 6.45) is 5.14. The zero-order valence-corrected chi connectivity index (χ0v) is 16.2. The molecule has 0 spiro atoms. The average molecular weight is 389 g/mol. The molecule has 0 radical (unpaired) electrons. The molecule has 5 nitrogen and oxygen atoms in total. The standard InChI is InChI=1S/C22H19N3O2S/c1-3-22(27)25-12-15-6-4-5-7-20(15)28-21(13-25)18-11-23-19-9-8-16(10-17(18)19)24-14(2)26/h3-11,13,23H,1,12H2,2H3,(H,24,26). The van der Waals surface area contributed by atoms with E-state index < -0.39 is 0 Å². The Morgan fingerprint density at radius 1 is 1.25 bits per heavy atom. The topological polar surface area (TPSA) is 65.2 Å². The summed E-state index contributed by atoms with van der Waals surface area (Å²) in [6, 6.07) is 13.8. The number of hydrogen-bond donors (Lipinski definition) is 2. The molecule has 4 rings (SSSR count). The van der Waals surface area contributed by atoms with Gasteiger partial charge in [0.05, 0.1) is 6.54 Å². The molecule has 0 aliphatic carbocycles. The van der Waals surface area contributed by atoms with E-state index in [4.69, 9.17) is 0 Å². The monoisotopic (exact) mass is 389 g/mol. The van der Waals surface area contributed by atoms with Crippen LogP contribution < -0.4 is 5.32 Å². The summed E-state index contributed by atoms with van der Waals surface area (Å²) < 4.78 is 0. The lowest BCUT2D eigenvalue weighted by Crippen LogP contribution is -2.22. The minimum atomic E-state index is -0.145. The molecule has 1 aliphatic heterocycles. The van der Waals surface area contributed by atoms with Crippen molar-refractivity contribution in [2.75, 3.05) is 5.32 Å². The lowest BCUT2D eigenvalue weighted by atomic mass is 10.1. The third kappa shape index (κ3) is 3.46. The average Bonchev–Trinajstić information content (AvgIpc) is 2.99. The van der Waals surface area contributed by atoms with Gasteiger partial charge in [-0.05, 0) is 35.9 Å². The van der Waals surface area contributed by atoms with Crippen molar-refractivity contribution in [2.45, 2.75) is 18.4 Å². The van der Waals surface area contributed by atoms with Crippen molar-refractivity contribution >= 4 is 45.1 Å². The van der Waals surface area contributed by atoms with E-state index in [-0.39, 0.29) is 11.8 Å². The molecule has 3 aromatic rings. The number of H-pyrrole nitrogens is 1. The number of nitrogens with zero attached hydrogens (tertiary/aromatic N) is 1. The zero-order valence-electron chi connectivity index (χ0n) is 15.4. The van der Waals surface area contributed by atoms with Gasteiger partial charge in [-0.1, -0.05) is 36.5 Å². The number of aromatic amines is 1. The Bertz CT molecular complexity index is 1130. The lowest BCUT2D eigenvalue weighted by molar-refractivity contribution is -0.124. The number of rotatable bonds is 3. The van der Waals surface area contributed by atoms with Gasteiger partial charge in [0.15, 0.2) is 0 Å². The maximum Gasteiger partial charge on any atom is 0.250 e. The van der Waals surface area contributed by atoms with Crippen molar-refractivity contribution in [3.63, 3.8) is 0 Å². The molecule has 2 aromatic carbocycles. The molecule has 0 unspecified atom stereocenters. The third-order valence-electron chi connectivity index (χ3n) is 4.53. The van der Waals surface area contributed by atoms with Crippen LogP contribution in [-0.4, -0.2) is 21.7 Å². The van der Waals surface area contributed by atoms with E-state index in [0.717, 1.165) is 37.5 Å². The predicted molar refractivity (Wildman–Crippen MR) is 114 cm³/mol. The van der Waals surface area contributed by atoms with E-state index in [0.29, 0.717) is 6.54 Å². The first kappa shape index (κ1) is 18.1. The summed E-state index contributed by atoms with van der Waals surface area (Å²) in [5.74, 6) is -0.259. The van der Waals surface area contributed by atoms with Gasteiger partial charge in [-0.25, -0.2) is 0 Å². The highest BCUT2D eigenvalue weighted by atomic mass is 32.2. The Kier molecular flexibility index (Phi) is 4.79. The molecule has 0 fully saturated rings. The number of amides is 2. The van der Waals surface area contributed by atoms with Crippen LogP contribution in [0.1, 0.15) is 18.1 Å². The Morgan fingerprint density at radius 2 is 2.07 bits per heavy atom. The fraction of sp³-hybridized carbons (Fsp3) is 0.0909. The highest BCUT2D eigenvalue weighted by Gasteiger charge is 2.21. The second kappa shape index (κ2) is 7.40. The van der Waals surface area contributed by atoms with Crippen molar-refractivity contribution < 1.29 is 9.59 Å². The normalized spacial score (nSPS) is 13.5. The number of fused-ring (bicyclic) bond motifs is 2. The van der Waals surface area contributed by atoms with E-state index in [1.807, 2.05) is 48.8 Å². The predicted octanol–water partition coefficient (Wildman–Crippen LogP) is 4.75. The number of anilines is 1. The van der Waals surface area contributed by atoms with E-state index in [2.05, 4.69) is 22.9 Å². The van der Waals surface area contributed by atoms with Gasteiger partial charge < -0.3 is 15.2 Å². The van der Waals surface area contributed by atoms with Gasteiger partial charge in [0.1, 0.15) is 0 Å². The summed E-state index contributed by atoms with van der Waals surface area (Å²) in [6.45, 7) is 5.61. The second-order valence-corrected chi connectivity index (χ2v) is 7.60. The molecule has 0 saturated carbocycles. The third-order valence-corrected chi connectivity index (χ3v) is 5.69. The minimum absolute atomic E-state index is 0.115. The van der Waals surface area contributed by atoms with Crippen molar-refractivity contribution in [3.05, 3.63) is 78.6 Å². The first-order valence-corrected chi connectivity index (χ1v) is 9.66.